The predicted octanol–water partition coefficient (Wildman–Crippen LogP) is 1.74. The van der Waals surface area contributed by atoms with E-state index in [1.54, 1.807) is 0 Å². The number of primary amides is 1. The van der Waals surface area contributed by atoms with Crippen LogP contribution >= 0.6 is 0 Å². The second-order valence-electron chi connectivity index (χ2n) is 6.88. The van der Waals surface area contributed by atoms with Gasteiger partial charge in [0, 0.05) is 13.1 Å². The van der Waals surface area contributed by atoms with Crippen LogP contribution in [0.15, 0.2) is 0 Å². The van der Waals surface area contributed by atoms with Gasteiger partial charge in [-0.05, 0) is 57.5 Å². The van der Waals surface area contributed by atoms with E-state index in [-0.39, 0.29) is 5.91 Å². The first kappa shape index (κ1) is 15.8. The van der Waals surface area contributed by atoms with Gasteiger partial charge in [-0.1, -0.05) is 19.8 Å². The van der Waals surface area contributed by atoms with Gasteiger partial charge >= 0.3 is 0 Å². The Bertz CT molecular complexity index is 324. The number of nitrogens with zero attached hydrogens (tertiary/aromatic N) is 1. The first-order valence-electron chi connectivity index (χ1n) is 8.32. The van der Waals surface area contributed by atoms with Crippen molar-refractivity contribution in [2.24, 2.45) is 17.6 Å². The molecule has 2 rings (SSSR count). The smallest absolute Gasteiger partial charge is 0.239 e. The molecule has 2 fully saturated rings. The molecule has 2 aliphatic rings. The molecule has 2 saturated carbocycles. The van der Waals surface area contributed by atoms with Gasteiger partial charge in [0.2, 0.25) is 5.91 Å². The lowest BCUT2D eigenvalue weighted by molar-refractivity contribution is -0.126. The number of carbonyl (C=O) groups is 1. The highest BCUT2D eigenvalue weighted by molar-refractivity contribution is 5.86. The van der Waals surface area contributed by atoms with Gasteiger partial charge in [-0.3, -0.25) is 4.79 Å². The Morgan fingerprint density at radius 2 is 1.95 bits per heavy atom. The number of nitrogens with two attached hydrogens (primary N) is 1. The van der Waals surface area contributed by atoms with Crippen LogP contribution in [0.1, 0.15) is 51.9 Å². The summed E-state index contributed by atoms with van der Waals surface area (Å²) >= 11 is 0. The Labute approximate surface area is 123 Å². The van der Waals surface area contributed by atoms with Crippen molar-refractivity contribution in [3.63, 3.8) is 0 Å². The van der Waals surface area contributed by atoms with Gasteiger partial charge in [-0.15, -0.1) is 0 Å². The van der Waals surface area contributed by atoms with Crippen LogP contribution in [-0.4, -0.2) is 43.0 Å². The van der Waals surface area contributed by atoms with Crippen molar-refractivity contribution >= 4 is 5.91 Å². The minimum Gasteiger partial charge on any atom is -0.368 e. The van der Waals surface area contributed by atoms with Crippen LogP contribution in [-0.2, 0) is 4.79 Å². The van der Waals surface area contributed by atoms with Gasteiger partial charge in [0.05, 0.1) is 0 Å². The molecule has 1 atom stereocenters. The van der Waals surface area contributed by atoms with E-state index in [9.17, 15) is 4.79 Å². The fraction of sp³-hybridized carbons (Fsp3) is 0.938. The molecule has 0 aromatic heterocycles. The first-order valence-corrected chi connectivity index (χ1v) is 8.32. The van der Waals surface area contributed by atoms with Crippen LogP contribution in [0, 0.1) is 11.8 Å². The molecule has 116 valence electrons. The summed E-state index contributed by atoms with van der Waals surface area (Å²) < 4.78 is 0. The molecule has 0 saturated heterocycles. The number of nitrogens with one attached hydrogen (secondary N) is 1. The third kappa shape index (κ3) is 3.73. The Kier molecular flexibility index (Phi) is 5.44. The summed E-state index contributed by atoms with van der Waals surface area (Å²) in [5, 5.41) is 3.48. The SMILES string of the molecule is CCCNC(CN(C)CC1CCCC1)(C(N)=O)C1CC1. The van der Waals surface area contributed by atoms with Crippen molar-refractivity contribution in [1.82, 2.24) is 10.2 Å². The summed E-state index contributed by atoms with van der Waals surface area (Å²) in [5.74, 6) is 1.10. The number of likely N-dealkylation sites (N-methyl/N-ethyl adjacent to an activating group) is 1. The van der Waals surface area contributed by atoms with Gasteiger partial charge in [0.15, 0.2) is 0 Å². The third-order valence-electron chi connectivity index (χ3n) is 4.97. The molecule has 0 radical (unpaired) electrons. The molecule has 4 heteroatoms. The Balaban J connectivity index is 1.96. The second kappa shape index (κ2) is 6.90. The van der Waals surface area contributed by atoms with Crippen LogP contribution in [0.25, 0.3) is 0 Å². The van der Waals surface area contributed by atoms with E-state index in [2.05, 4.69) is 24.2 Å². The maximum atomic E-state index is 12.1. The first-order chi connectivity index (χ1) is 9.58. The zero-order valence-corrected chi connectivity index (χ0v) is 13.2. The number of carbonyl (C=O) groups excluding carboxylic acids is 1. The van der Waals surface area contributed by atoms with Crippen molar-refractivity contribution < 1.29 is 4.79 Å². The van der Waals surface area contributed by atoms with Crippen molar-refractivity contribution in [3.8, 4) is 0 Å². The summed E-state index contributed by atoms with van der Waals surface area (Å²) in [7, 11) is 2.14. The monoisotopic (exact) mass is 281 g/mol. The lowest BCUT2D eigenvalue weighted by atomic mass is 9.90. The zero-order chi connectivity index (χ0) is 14.6. The molecule has 2 aliphatic carbocycles. The third-order valence-corrected chi connectivity index (χ3v) is 4.97. The average Bonchev–Trinajstić information content (AvgIpc) is 3.14. The van der Waals surface area contributed by atoms with E-state index in [0.717, 1.165) is 44.8 Å². The van der Waals surface area contributed by atoms with Gasteiger partial charge in [-0.2, -0.15) is 0 Å². The number of amides is 1. The maximum absolute atomic E-state index is 12.1. The zero-order valence-electron chi connectivity index (χ0n) is 13.2. The quantitative estimate of drug-likeness (QED) is 0.677. The second-order valence-corrected chi connectivity index (χ2v) is 6.88. The molecule has 1 unspecified atom stereocenters. The summed E-state index contributed by atoms with van der Waals surface area (Å²) in [6, 6.07) is 0. The number of hydrogen-bond acceptors (Lipinski definition) is 3. The van der Waals surface area contributed by atoms with Gasteiger partial charge in [0.25, 0.3) is 0 Å². The van der Waals surface area contributed by atoms with E-state index < -0.39 is 5.54 Å². The minimum atomic E-state index is -0.497. The molecular formula is C16H31N3O. The molecule has 0 aromatic carbocycles. The van der Waals surface area contributed by atoms with Crippen molar-refractivity contribution in [2.45, 2.75) is 57.4 Å². The van der Waals surface area contributed by atoms with Gasteiger partial charge < -0.3 is 16.0 Å². The van der Waals surface area contributed by atoms with E-state index in [1.807, 2.05) is 0 Å². The Morgan fingerprint density at radius 1 is 1.30 bits per heavy atom. The van der Waals surface area contributed by atoms with Crippen LogP contribution in [0.3, 0.4) is 0 Å². The van der Waals surface area contributed by atoms with Crippen molar-refractivity contribution in [1.29, 1.82) is 0 Å². The molecule has 3 N–H and O–H groups in total. The lowest BCUT2D eigenvalue weighted by Crippen LogP contribution is -2.63. The predicted molar refractivity (Wildman–Crippen MR) is 82.4 cm³/mol. The fourth-order valence-electron chi connectivity index (χ4n) is 3.74. The van der Waals surface area contributed by atoms with Gasteiger partial charge in [0.1, 0.15) is 5.54 Å². The Morgan fingerprint density at radius 3 is 2.45 bits per heavy atom. The largest absolute Gasteiger partial charge is 0.368 e. The normalized spacial score (nSPS) is 23.1. The average molecular weight is 281 g/mol. The molecule has 0 spiro atoms. The van der Waals surface area contributed by atoms with Crippen LogP contribution in [0.4, 0.5) is 0 Å². The topological polar surface area (TPSA) is 58.4 Å². The molecule has 1 amide bonds. The number of rotatable bonds is 9. The standard InChI is InChI=1S/C16H31N3O/c1-3-10-18-16(15(17)20,14-8-9-14)12-19(2)11-13-6-4-5-7-13/h13-14,18H,3-12H2,1-2H3,(H2,17,20). The maximum Gasteiger partial charge on any atom is 0.239 e. The molecular weight excluding hydrogens is 250 g/mol. The van der Waals surface area contributed by atoms with Crippen molar-refractivity contribution in [2.75, 3.05) is 26.7 Å². The van der Waals surface area contributed by atoms with E-state index in [4.69, 9.17) is 5.73 Å². The van der Waals surface area contributed by atoms with Gasteiger partial charge in [-0.25, -0.2) is 0 Å². The molecule has 0 heterocycles. The number of hydrogen-bond donors (Lipinski definition) is 2. The summed E-state index contributed by atoms with van der Waals surface area (Å²) in [4.78, 5) is 14.4. The molecule has 0 aliphatic heterocycles. The fourth-order valence-corrected chi connectivity index (χ4v) is 3.74. The van der Waals surface area contributed by atoms with Crippen LogP contribution < -0.4 is 11.1 Å². The summed E-state index contributed by atoms with van der Waals surface area (Å²) in [5.41, 5.74) is 5.29. The minimum absolute atomic E-state index is 0.160. The summed E-state index contributed by atoms with van der Waals surface area (Å²) in [6.45, 7) is 4.88. The van der Waals surface area contributed by atoms with E-state index in [1.165, 1.54) is 25.7 Å². The molecule has 0 aromatic rings. The molecule has 20 heavy (non-hydrogen) atoms. The molecule has 4 nitrogen and oxygen atoms in total. The highest BCUT2D eigenvalue weighted by atomic mass is 16.1. The van der Waals surface area contributed by atoms with Crippen LogP contribution in [0.2, 0.25) is 0 Å². The molecule has 0 bridgehead atoms. The van der Waals surface area contributed by atoms with Crippen molar-refractivity contribution in [3.05, 3.63) is 0 Å². The Hall–Kier alpha value is -0.610. The van der Waals surface area contributed by atoms with Crippen LogP contribution in [0.5, 0.6) is 0 Å². The van der Waals surface area contributed by atoms with E-state index in [0.29, 0.717) is 5.92 Å². The lowest BCUT2D eigenvalue weighted by Gasteiger charge is -2.36. The highest BCUT2D eigenvalue weighted by Crippen LogP contribution is 2.40. The summed E-state index contributed by atoms with van der Waals surface area (Å²) in [6.07, 6.45) is 8.74. The highest BCUT2D eigenvalue weighted by Gasteiger charge is 2.50. The van der Waals surface area contributed by atoms with E-state index >= 15 is 0 Å².